The second-order valence-corrected chi connectivity index (χ2v) is 4.84. The molecule has 90 valence electrons. The summed E-state index contributed by atoms with van der Waals surface area (Å²) in [4.78, 5) is 0. The molecule has 5 heteroatoms. The summed E-state index contributed by atoms with van der Waals surface area (Å²) in [7, 11) is 0. The molecule has 0 unspecified atom stereocenters. The smallest absolute Gasteiger partial charge is 0.165 e. The summed E-state index contributed by atoms with van der Waals surface area (Å²) in [6, 6.07) is 0. The predicted octanol–water partition coefficient (Wildman–Crippen LogP) is 1.46. The first kappa shape index (κ1) is 11.5. The second kappa shape index (κ2) is 4.91. The van der Waals surface area contributed by atoms with Gasteiger partial charge in [0.2, 0.25) is 0 Å². The zero-order valence-electron chi connectivity index (χ0n) is 10.2. The lowest BCUT2D eigenvalue weighted by atomic mass is 9.83. The van der Waals surface area contributed by atoms with Crippen molar-refractivity contribution in [1.82, 2.24) is 25.5 Å². The Morgan fingerprint density at radius 1 is 1.31 bits per heavy atom. The van der Waals surface area contributed by atoms with Crippen LogP contribution in [0.1, 0.15) is 51.8 Å². The molecule has 0 bridgehead atoms. The van der Waals surface area contributed by atoms with Crippen molar-refractivity contribution in [2.45, 2.75) is 58.0 Å². The maximum Gasteiger partial charge on any atom is 0.165 e. The molecule has 1 aliphatic rings. The maximum atomic E-state index is 4.18. The summed E-state index contributed by atoms with van der Waals surface area (Å²) in [5.74, 6) is 0.964. The molecule has 0 aliphatic heterocycles. The maximum absolute atomic E-state index is 4.18. The largest absolute Gasteiger partial charge is 0.310 e. The first-order valence-corrected chi connectivity index (χ1v) is 6.25. The van der Waals surface area contributed by atoms with Crippen LogP contribution in [0.4, 0.5) is 0 Å². The Bertz CT molecular complexity index is 327. The lowest BCUT2D eigenvalue weighted by molar-refractivity contribution is 0.188. The topological polar surface area (TPSA) is 55.6 Å². The highest BCUT2D eigenvalue weighted by atomic mass is 15.6. The average Bonchev–Trinajstić information content (AvgIpc) is 2.76. The van der Waals surface area contributed by atoms with Gasteiger partial charge in [-0.05, 0) is 36.7 Å². The van der Waals surface area contributed by atoms with Crippen LogP contribution in [0, 0.1) is 0 Å². The number of nitrogens with one attached hydrogen (secondary N) is 1. The first-order chi connectivity index (χ1) is 7.76. The van der Waals surface area contributed by atoms with Crippen molar-refractivity contribution in [3.8, 4) is 0 Å². The number of aromatic nitrogens is 4. The third-order valence-electron chi connectivity index (χ3n) is 3.51. The third-order valence-corrected chi connectivity index (χ3v) is 3.51. The van der Waals surface area contributed by atoms with Crippen LogP contribution in [-0.4, -0.2) is 26.8 Å². The van der Waals surface area contributed by atoms with Gasteiger partial charge in [-0.1, -0.05) is 26.2 Å². The molecule has 0 atom stereocenters. The van der Waals surface area contributed by atoms with Crippen LogP contribution in [0.5, 0.6) is 0 Å². The highest BCUT2D eigenvalue weighted by Crippen LogP contribution is 2.34. The lowest BCUT2D eigenvalue weighted by Gasteiger charge is -2.33. The molecule has 1 saturated carbocycles. The van der Waals surface area contributed by atoms with Crippen molar-refractivity contribution in [3.63, 3.8) is 0 Å². The Hall–Kier alpha value is -0.970. The fourth-order valence-electron chi connectivity index (χ4n) is 2.50. The van der Waals surface area contributed by atoms with Crippen molar-refractivity contribution in [2.24, 2.45) is 0 Å². The Morgan fingerprint density at radius 2 is 2.06 bits per heavy atom. The van der Waals surface area contributed by atoms with Gasteiger partial charge < -0.3 is 5.32 Å². The average molecular weight is 223 g/mol. The molecule has 0 saturated heterocycles. The Labute approximate surface area is 96.6 Å². The van der Waals surface area contributed by atoms with Gasteiger partial charge in [0.05, 0.1) is 12.1 Å². The Morgan fingerprint density at radius 3 is 2.75 bits per heavy atom. The molecule has 1 heterocycles. The van der Waals surface area contributed by atoms with E-state index in [9.17, 15) is 0 Å². The van der Waals surface area contributed by atoms with Gasteiger partial charge in [-0.3, -0.25) is 0 Å². The molecule has 1 N–H and O–H groups in total. The van der Waals surface area contributed by atoms with Gasteiger partial charge in [-0.25, -0.2) is 4.68 Å². The summed E-state index contributed by atoms with van der Waals surface area (Å²) in [6.45, 7) is 6.08. The number of tetrazole rings is 1. The number of nitrogens with zero attached hydrogens (tertiary/aromatic N) is 4. The molecule has 5 nitrogen and oxygen atoms in total. The molecule has 1 fully saturated rings. The summed E-state index contributed by atoms with van der Waals surface area (Å²) < 4.78 is 2.04. The van der Waals surface area contributed by atoms with E-state index in [1.165, 1.54) is 32.1 Å². The summed E-state index contributed by atoms with van der Waals surface area (Å²) >= 11 is 0. The van der Waals surface area contributed by atoms with Crippen molar-refractivity contribution < 1.29 is 0 Å². The predicted molar refractivity (Wildman–Crippen MR) is 61.9 cm³/mol. The molecule has 16 heavy (non-hydrogen) atoms. The van der Waals surface area contributed by atoms with Gasteiger partial charge in [0.25, 0.3) is 0 Å². The van der Waals surface area contributed by atoms with Gasteiger partial charge in [-0.15, -0.1) is 5.10 Å². The molecule has 1 aliphatic carbocycles. The Balaban J connectivity index is 2.15. The summed E-state index contributed by atoms with van der Waals surface area (Å²) in [6.07, 6.45) is 6.31. The molecule has 0 amide bonds. The molecule has 0 spiro atoms. The normalized spacial score (nSPS) is 19.9. The monoisotopic (exact) mass is 223 g/mol. The van der Waals surface area contributed by atoms with E-state index >= 15 is 0 Å². The van der Waals surface area contributed by atoms with Crippen molar-refractivity contribution in [2.75, 3.05) is 6.54 Å². The van der Waals surface area contributed by atoms with Gasteiger partial charge in [-0.2, -0.15) is 0 Å². The zero-order chi connectivity index (χ0) is 11.4. The molecule has 1 aromatic rings. The minimum absolute atomic E-state index is 0.131. The zero-order valence-corrected chi connectivity index (χ0v) is 10.2. The van der Waals surface area contributed by atoms with E-state index in [0.29, 0.717) is 0 Å². The summed E-state index contributed by atoms with van der Waals surface area (Å²) in [5, 5.41) is 15.4. The van der Waals surface area contributed by atoms with E-state index in [0.717, 1.165) is 18.9 Å². The van der Waals surface area contributed by atoms with E-state index < -0.39 is 0 Å². The van der Waals surface area contributed by atoms with E-state index in [1.807, 2.05) is 4.68 Å². The standard InChI is InChI=1S/C11H21N5/c1-3-12-9-10-13-14-15-16(10)11(2)7-5-4-6-8-11/h12H,3-9H2,1-2H3. The molecular weight excluding hydrogens is 202 g/mol. The molecular formula is C11H21N5. The molecule has 1 aromatic heterocycles. The highest BCUT2D eigenvalue weighted by molar-refractivity contribution is 4.92. The third kappa shape index (κ3) is 2.24. The fraction of sp³-hybridized carbons (Fsp3) is 0.909. The SMILES string of the molecule is CCNCc1nnnn1C1(C)CCCCC1. The first-order valence-electron chi connectivity index (χ1n) is 6.25. The molecule has 0 radical (unpaired) electrons. The Kier molecular flexibility index (Phi) is 3.53. The van der Waals surface area contributed by atoms with Gasteiger partial charge >= 0.3 is 0 Å². The fourth-order valence-corrected chi connectivity index (χ4v) is 2.50. The molecule has 2 rings (SSSR count). The van der Waals surface area contributed by atoms with Crippen molar-refractivity contribution in [1.29, 1.82) is 0 Å². The van der Waals surface area contributed by atoms with E-state index in [2.05, 4.69) is 34.7 Å². The highest BCUT2D eigenvalue weighted by Gasteiger charge is 2.31. The van der Waals surface area contributed by atoms with E-state index in [1.54, 1.807) is 0 Å². The van der Waals surface area contributed by atoms with Crippen LogP contribution in [0.25, 0.3) is 0 Å². The van der Waals surface area contributed by atoms with Gasteiger partial charge in [0.1, 0.15) is 0 Å². The van der Waals surface area contributed by atoms with Crippen LogP contribution in [0.3, 0.4) is 0 Å². The van der Waals surface area contributed by atoms with Crippen molar-refractivity contribution >= 4 is 0 Å². The molecule has 0 aromatic carbocycles. The van der Waals surface area contributed by atoms with Crippen LogP contribution in [0.2, 0.25) is 0 Å². The second-order valence-electron chi connectivity index (χ2n) is 4.84. The quantitative estimate of drug-likeness (QED) is 0.839. The van der Waals surface area contributed by atoms with Crippen molar-refractivity contribution in [3.05, 3.63) is 5.82 Å². The van der Waals surface area contributed by atoms with Gasteiger partial charge in [0, 0.05) is 0 Å². The van der Waals surface area contributed by atoms with Crippen LogP contribution >= 0.6 is 0 Å². The van der Waals surface area contributed by atoms with Gasteiger partial charge in [0.15, 0.2) is 5.82 Å². The van der Waals surface area contributed by atoms with Crippen LogP contribution in [-0.2, 0) is 12.1 Å². The van der Waals surface area contributed by atoms with E-state index in [4.69, 9.17) is 0 Å². The summed E-state index contributed by atoms with van der Waals surface area (Å²) in [5.41, 5.74) is 0.131. The lowest BCUT2D eigenvalue weighted by Crippen LogP contribution is -2.36. The number of hydrogen-bond acceptors (Lipinski definition) is 4. The number of hydrogen-bond donors (Lipinski definition) is 1. The van der Waals surface area contributed by atoms with E-state index in [-0.39, 0.29) is 5.54 Å². The minimum Gasteiger partial charge on any atom is -0.310 e. The van der Waals surface area contributed by atoms with Crippen LogP contribution in [0.15, 0.2) is 0 Å². The number of rotatable bonds is 4. The van der Waals surface area contributed by atoms with Crippen LogP contribution < -0.4 is 5.32 Å². The minimum atomic E-state index is 0.131.